The van der Waals surface area contributed by atoms with Crippen LogP contribution >= 0.6 is 0 Å². The lowest BCUT2D eigenvalue weighted by Gasteiger charge is -2.20. The maximum atomic E-state index is 14.2. The van der Waals surface area contributed by atoms with Crippen LogP contribution in [0.25, 0.3) is 10.8 Å². The van der Waals surface area contributed by atoms with Gasteiger partial charge in [-0.05, 0) is 49.4 Å². The quantitative estimate of drug-likeness (QED) is 0.330. The van der Waals surface area contributed by atoms with Crippen LogP contribution < -0.4 is 10.6 Å². The van der Waals surface area contributed by atoms with Gasteiger partial charge >= 0.3 is 0 Å². The summed E-state index contributed by atoms with van der Waals surface area (Å²) in [6, 6.07) is 18.3. The molecule has 0 unspecified atom stereocenters. The number of hydrogen-bond donors (Lipinski definition) is 3. The van der Waals surface area contributed by atoms with Gasteiger partial charge in [0.25, 0.3) is 11.8 Å². The fourth-order valence-electron chi connectivity index (χ4n) is 4.42. The molecule has 0 saturated heterocycles. The summed E-state index contributed by atoms with van der Waals surface area (Å²) in [7, 11) is 0. The summed E-state index contributed by atoms with van der Waals surface area (Å²) in [5.41, 5.74) is 3.18. The summed E-state index contributed by atoms with van der Waals surface area (Å²) < 4.78 is 14.2. The zero-order valence-electron chi connectivity index (χ0n) is 19.7. The molecule has 1 aromatic heterocycles. The Morgan fingerprint density at radius 2 is 1.54 bits per heavy atom. The van der Waals surface area contributed by atoms with Crippen molar-refractivity contribution in [1.82, 2.24) is 15.6 Å². The maximum Gasteiger partial charge on any atom is 0.268 e. The number of aromatic nitrogens is 1. The van der Waals surface area contributed by atoms with E-state index in [1.807, 2.05) is 30.3 Å². The highest BCUT2D eigenvalue weighted by Crippen LogP contribution is 2.23. The minimum Gasteiger partial charge on any atom is -0.354 e. The molecule has 0 aliphatic rings. The Morgan fingerprint density at radius 1 is 0.886 bits per heavy atom. The van der Waals surface area contributed by atoms with E-state index in [2.05, 4.69) is 15.6 Å². The van der Waals surface area contributed by atoms with Crippen LogP contribution in [0.5, 0.6) is 0 Å². The van der Waals surface area contributed by atoms with E-state index in [0.29, 0.717) is 38.9 Å². The third kappa shape index (κ3) is 4.84. The first kappa shape index (κ1) is 23.9. The fourth-order valence-corrected chi connectivity index (χ4v) is 4.42. The largest absolute Gasteiger partial charge is 0.354 e. The smallest absolute Gasteiger partial charge is 0.268 e. The Kier molecular flexibility index (Phi) is 6.78. The molecule has 0 radical (unpaired) electrons. The number of benzene rings is 3. The molecule has 0 aliphatic heterocycles. The molecule has 0 fully saturated rings. The zero-order chi connectivity index (χ0) is 25.1. The first-order valence-electron chi connectivity index (χ1n) is 11.3. The molecule has 1 heterocycles. The van der Waals surface area contributed by atoms with Crippen LogP contribution in [0.4, 0.5) is 4.39 Å². The number of hydrogen-bond acceptors (Lipinski definition) is 3. The lowest BCUT2D eigenvalue weighted by atomic mass is 10.0. The molecule has 0 aliphatic carbocycles. The number of rotatable bonds is 7. The molecular weight excluding hydrogens is 445 g/mol. The highest BCUT2D eigenvalue weighted by molar-refractivity contribution is 6.07. The molecule has 35 heavy (non-hydrogen) atoms. The summed E-state index contributed by atoms with van der Waals surface area (Å²) in [6.45, 7) is 5.06. The van der Waals surface area contributed by atoms with Gasteiger partial charge in [0, 0.05) is 28.8 Å². The lowest BCUT2D eigenvalue weighted by molar-refractivity contribution is 0.0906. The number of H-pyrrole nitrogens is 1. The molecular formula is C28H26FN3O3. The minimum absolute atomic E-state index is 0.110. The standard InChI is InChI=1S/C28H26FN3O3/c1-16-25(18(3)33)17(2)31-26(16)28(35)32-24(19-9-5-4-6-10-19)15-30-27(34)22-13-14-23(29)21-12-8-7-11-20(21)22/h4-14,24,31H,15H2,1-3H3,(H,30,34)(H,32,35)/t24-/m1/s1. The van der Waals surface area contributed by atoms with Crippen LogP contribution in [-0.2, 0) is 0 Å². The normalized spacial score (nSPS) is 11.8. The second-order valence-electron chi connectivity index (χ2n) is 8.47. The Labute approximate surface area is 202 Å². The Bertz CT molecular complexity index is 1430. The number of carbonyl (C=O) groups is 3. The van der Waals surface area contributed by atoms with Gasteiger partial charge in [0.2, 0.25) is 0 Å². The first-order chi connectivity index (χ1) is 16.8. The highest BCUT2D eigenvalue weighted by atomic mass is 19.1. The van der Waals surface area contributed by atoms with E-state index in [1.54, 1.807) is 38.1 Å². The molecule has 0 saturated carbocycles. The first-order valence-corrected chi connectivity index (χ1v) is 11.3. The van der Waals surface area contributed by atoms with Crippen molar-refractivity contribution in [1.29, 1.82) is 0 Å². The lowest BCUT2D eigenvalue weighted by Crippen LogP contribution is -2.38. The van der Waals surface area contributed by atoms with Gasteiger partial charge in [-0.1, -0.05) is 54.6 Å². The summed E-state index contributed by atoms with van der Waals surface area (Å²) in [5, 5.41) is 6.72. The van der Waals surface area contributed by atoms with Crippen LogP contribution in [0.2, 0.25) is 0 Å². The van der Waals surface area contributed by atoms with Gasteiger partial charge in [-0.2, -0.15) is 0 Å². The third-order valence-electron chi connectivity index (χ3n) is 6.11. The van der Waals surface area contributed by atoms with Crippen molar-refractivity contribution in [3.8, 4) is 0 Å². The van der Waals surface area contributed by atoms with Crippen molar-refractivity contribution in [2.75, 3.05) is 6.54 Å². The molecule has 1 atom stereocenters. The van der Waals surface area contributed by atoms with Crippen LogP contribution in [0.3, 0.4) is 0 Å². The van der Waals surface area contributed by atoms with Gasteiger partial charge in [0.15, 0.2) is 5.78 Å². The minimum atomic E-state index is -0.539. The van der Waals surface area contributed by atoms with Crippen molar-refractivity contribution in [3.63, 3.8) is 0 Å². The number of ketones is 1. The number of carbonyl (C=O) groups excluding carboxylic acids is 3. The highest BCUT2D eigenvalue weighted by Gasteiger charge is 2.23. The molecule has 3 N–H and O–H groups in total. The van der Waals surface area contributed by atoms with Crippen molar-refractivity contribution in [2.24, 2.45) is 0 Å². The average Bonchev–Trinajstić information content (AvgIpc) is 3.16. The summed E-state index contributed by atoms with van der Waals surface area (Å²) in [5.74, 6) is -1.27. The molecule has 4 aromatic rings. The SMILES string of the molecule is CC(=O)c1c(C)[nH]c(C(=O)N[C@H](CNC(=O)c2ccc(F)c3ccccc23)c2ccccc2)c1C. The molecule has 4 rings (SSSR count). The zero-order valence-corrected chi connectivity index (χ0v) is 19.7. The molecule has 0 bridgehead atoms. The van der Waals surface area contributed by atoms with Gasteiger partial charge in [-0.25, -0.2) is 4.39 Å². The monoisotopic (exact) mass is 471 g/mol. The van der Waals surface area contributed by atoms with Crippen molar-refractivity contribution in [3.05, 3.63) is 106 Å². The van der Waals surface area contributed by atoms with Crippen molar-refractivity contribution in [2.45, 2.75) is 26.8 Å². The van der Waals surface area contributed by atoms with E-state index in [1.165, 1.54) is 19.1 Å². The topological polar surface area (TPSA) is 91.1 Å². The van der Waals surface area contributed by atoms with Crippen LogP contribution in [0.15, 0.2) is 66.7 Å². The molecule has 7 heteroatoms. The second-order valence-corrected chi connectivity index (χ2v) is 8.47. The summed E-state index contributed by atoms with van der Waals surface area (Å²) >= 11 is 0. The maximum absolute atomic E-state index is 14.2. The number of amides is 2. The van der Waals surface area contributed by atoms with Crippen LogP contribution in [-0.4, -0.2) is 29.1 Å². The Balaban J connectivity index is 1.58. The molecule has 6 nitrogen and oxygen atoms in total. The predicted molar refractivity (Wildman–Crippen MR) is 133 cm³/mol. The average molecular weight is 472 g/mol. The third-order valence-corrected chi connectivity index (χ3v) is 6.11. The second kappa shape index (κ2) is 9.93. The molecule has 178 valence electrons. The van der Waals surface area contributed by atoms with E-state index in [9.17, 15) is 18.8 Å². The van der Waals surface area contributed by atoms with E-state index < -0.39 is 11.9 Å². The van der Waals surface area contributed by atoms with Crippen molar-refractivity contribution < 1.29 is 18.8 Å². The molecule has 3 aromatic carbocycles. The Morgan fingerprint density at radius 3 is 2.20 bits per heavy atom. The summed E-state index contributed by atoms with van der Waals surface area (Å²) in [6.07, 6.45) is 0. The van der Waals surface area contributed by atoms with Gasteiger partial charge in [0.1, 0.15) is 11.5 Å². The van der Waals surface area contributed by atoms with E-state index in [0.717, 1.165) is 5.56 Å². The molecule has 2 amide bonds. The number of Topliss-reactive ketones (excluding diaryl/α,β-unsaturated/α-hetero) is 1. The Hall–Kier alpha value is -4.26. The number of halogens is 1. The predicted octanol–water partition coefficient (Wildman–Crippen LogP) is 5.03. The number of aromatic amines is 1. The van der Waals surface area contributed by atoms with Gasteiger partial charge < -0.3 is 15.6 Å². The summed E-state index contributed by atoms with van der Waals surface area (Å²) in [4.78, 5) is 41.2. The van der Waals surface area contributed by atoms with Crippen LogP contribution in [0, 0.1) is 19.7 Å². The molecule has 0 spiro atoms. The number of fused-ring (bicyclic) bond motifs is 1. The van der Waals surface area contributed by atoms with Gasteiger partial charge in [-0.15, -0.1) is 0 Å². The van der Waals surface area contributed by atoms with Gasteiger partial charge in [-0.3, -0.25) is 14.4 Å². The van der Waals surface area contributed by atoms with E-state index in [4.69, 9.17) is 0 Å². The van der Waals surface area contributed by atoms with Gasteiger partial charge in [0.05, 0.1) is 6.04 Å². The van der Waals surface area contributed by atoms with Crippen LogP contribution in [0.1, 0.15) is 61.0 Å². The van der Waals surface area contributed by atoms with E-state index in [-0.39, 0.29) is 24.1 Å². The number of nitrogens with one attached hydrogen (secondary N) is 3. The van der Waals surface area contributed by atoms with E-state index >= 15 is 0 Å². The number of aryl methyl sites for hydroxylation is 1. The van der Waals surface area contributed by atoms with Crippen molar-refractivity contribution >= 4 is 28.4 Å². The fraction of sp³-hybridized carbons (Fsp3) is 0.179.